The average Bonchev–Trinajstić information content (AvgIpc) is 2.62. The van der Waals surface area contributed by atoms with Gasteiger partial charge in [-0.3, -0.25) is 0 Å². The van der Waals surface area contributed by atoms with Crippen LogP contribution in [-0.4, -0.2) is 31.9 Å². The van der Waals surface area contributed by atoms with Crippen molar-refractivity contribution >= 4 is 0 Å². The molecule has 0 amide bonds. The zero-order chi connectivity index (χ0) is 12.0. The van der Waals surface area contributed by atoms with Crippen LogP contribution in [0.2, 0.25) is 0 Å². The molecule has 1 rings (SSSR count). The lowest BCUT2D eigenvalue weighted by Crippen LogP contribution is -2.32. The molecule has 0 radical (unpaired) electrons. The molecule has 2 unspecified atom stereocenters. The molecule has 0 aromatic heterocycles. The molecule has 96 valence electrons. The van der Waals surface area contributed by atoms with Crippen LogP contribution in [0.5, 0.6) is 0 Å². The van der Waals surface area contributed by atoms with Crippen molar-refractivity contribution in [1.82, 2.24) is 10.6 Å². The van der Waals surface area contributed by atoms with Crippen LogP contribution >= 0.6 is 0 Å². The maximum atomic E-state index is 12.0. The topological polar surface area (TPSA) is 24.1 Å². The van der Waals surface area contributed by atoms with Crippen LogP contribution in [0, 0.1) is 5.92 Å². The van der Waals surface area contributed by atoms with E-state index in [-0.39, 0.29) is 0 Å². The fourth-order valence-electron chi connectivity index (χ4n) is 2.12. The van der Waals surface area contributed by atoms with Crippen molar-refractivity contribution in [3.05, 3.63) is 0 Å². The molecule has 0 bridgehead atoms. The molecule has 1 aliphatic rings. The van der Waals surface area contributed by atoms with Gasteiger partial charge in [0.2, 0.25) is 0 Å². The zero-order valence-electron chi connectivity index (χ0n) is 9.74. The Labute approximate surface area is 95.0 Å². The summed E-state index contributed by atoms with van der Waals surface area (Å²) in [7, 11) is 0. The summed E-state index contributed by atoms with van der Waals surface area (Å²) in [5.74, 6) is 0.722. The second-order valence-electron chi connectivity index (χ2n) is 4.68. The first kappa shape index (κ1) is 13.8. The Bertz CT molecular complexity index is 188. The summed E-state index contributed by atoms with van der Waals surface area (Å²) >= 11 is 0. The standard InChI is InChI=1S/C11H21F3N2/c1-9(7-11(12,13)14)16-5-2-3-10-4-6-15-8-10/h9-10,15-16H,2-8H2,1H3. The summed E-state index contributed by atoms with van der Waals surface area (Å²) < 4.78 is 36.0. The first-order valence-electron chi connectivity index (χ1n) is 5.98. The molecular weight excluding hydrogens is 217 g/mol. The average molecular weight is 238 g/mol. The van der Waals surface area contributed by atoms with Gasteiger partial charge in [0.1, 0.15) is 0 Å². The molecule has 0 aliphatic carbocycles. The van der Waals surface area contributed by atoms with Crippen LogP contribution in [-0.2, 0) is 0 Å². The van der Waals surface area contributed by atoms with E-state index in [1.54, 1.807) is 6.92 Å². The highest BCUT2D eigenvalue weighted by Gasteiger charge is 2.29. The molecule has 2 atom stereocenters. The highest BCUT2D eigenvalue weighted by Crippen LogP contribution is 2.21. The quantitative estimate of drug-likeness (QED) is 0.694. The van der Waals surface area contributed by atoms with Gasteiger partial charge in [-0.2, -0.15) is 13.2 Å². The van der Waals surface area contributed by atoms with Crippen LogP contribution < -0.4 is 10.6 Å². The summed E-state index contributed by atoms with van der Waals surface area (Å²) in [6.45, 7) is 4.43. The summed E-state index contributed by atoms with van der Waals surface area (Å²) in [6.07, 6.45) is -1.51. The van der Waals surface area contributed by atoms with Gasteiger partial charge in [-0.25, -0.2) is 0 Å². The number of nitrogens with one attached hydrogen (secondary N) is 2. The minimum atomic E-state index is -4.05. The lowest BCUT2D eigenvalue weighted by Gasteiger charge is -2.16. The van der Waals surface area contributed by atoms with Crippen LogP contribution in [0.3, 0.4) is 0 Å². The first-order chi connectivity index (χ1) is 7.47. The van der Waals surface area contributed by atoms with Gasteiger partial charge in [0.05, 0.1) is 6.42 Å². The molecule has 1 fully saturated rings. The van der Waals surface area contributed by atoms with E-state index < -0.39 is 18.6 Å². The maximum Gasteiger partial charge on any atom is 0.390 e. The molecule has 5 heteroatoms. The van der Waals surface area contributed by atoms with E-state index in [1.165, 1.54) is 6.42 Å². The van der Waals surface area contributed by atoms with Gasteiger partial charge < -0.3 is 10.6 Å². The van der Waals surface area contributed by atoms with E-state index >= 15 is 0 Å². The van der Waals surface area contributed by atoms with Gasteiger partial charge in [-0.1, -0.05) is 0 Å². The minimum absolute atomic E-state index is 0.471. The normalized spacial score (nSPS) is 23.6. The van der Waals surface area contributed by atoms with Crippen molar-refractivity contribution in [2.45, 2.75) is 44.8 Å². The Kier molecular flexibility index (Phi) is 5.55. The van der Waals surface area contributed by atoms with Gasteiger partial charge in [-0.05, 0) is 51.7 Å². The number of hydrogen-bond donors (Lipinski definition) is 2. The van der Waals surface area contributed by atoms with Gasteiger partial charge in [0, 0.05) is 6.04 Å². The molecule has 16 heavy (non-hydrogen) atoms. The number of rotatable bonds is 6. The molecule has 2 N–H and O–H groups in total. The number of alkyl halides is 3. The molecule has 1 aliphatic heterocycles. The molecule has 0 aromatic carbocycles. The predicted octanol–water partition coefficient (Wildman–Crippen LogP) is 2.31. The van der Waals surface area contributed by atoms with E-state index in [2.05, 4.69) is 10.6 Å². The fraction of sp³-hybridized carbons (Fsp3) is 1.00. The fourth-order valence-corrected chi connectivity index (χ4v) is 2.12. The lowest BCUT2D eigenvalue weighted by molar-refractivity contribution is -0.139. The van der Waals surface area contributed by atoms with Crippen LogP contribution in [0.1, 0.15) is 32.6 Å². The Hall–Kier alpha value is -0.290. The Balaban J connectivity index is 1.97. The van der Waals surface area contributed by atoms with E-state index in [1.807, 2.05) is 0 Å². The lowest BCUT2D eigenvalue weighted by atomic mass is 10.0. The Morgan fingerprint density at radius 3 is 2.75 bits per heavy atom. The predicted molar refractivity (Wildman–Crippen MR) is 58.3 cm³/mol. The van der Waals surface area contributed by atoms with Gasteiger partial charge in [0.15, 0.2) is 0 Å². The van der Waals surface area contributed by atoms with Crippen molar-refractivity contribution in [1.29, 1.82) is 0 Å². The first-order valence-corrected chi connectivity index (χ1v) is 5.98. The van der Waals surface area contributed by atoms with Crippen LogP contribution in [0.25, 0.3) is 0 Å². The third-order valence-electron chi connectivity index (χ3n) is 2.98. The zero-order valence-corrected chi connectivity index (χ0v) is 9.74. The molecular formula is C11H21F3N2. The second kappa shape index (κ2) is 6.45. The summed E-state index contributed by atoms with van der Waals surface area (Å²) in [5, 5.41) is 6.21. The van der Waals surface area contributed by atoms with E-state index in [4.69, 9.17) is 0 Å². The van der Waals surface area contributed by atoms with Crippen molar-refractivity contribution in [3.63, 3.8) is 0 Å². The van der Waals surface area contributed by atoms with Gasteiger partial charge in [-0.15, -0.1) is 0 Å². The third kappa shape index (κ3) is 6.33. The third-order valence-corrected chi connectivity index (χ3v) is 2.98. The molecule has 0 spiro atoms. The van der Waals surface area contributed by atoms with Crippen molar-refractivity contribution < 1.29 is 13.2 Å². The molecule has 0 aromatic rings. The maximum absolute atomic E-state index is 12.0. The minimum Gasteiger partial charge on any atom is -0.316 e. The highest BCUT2D eigenvalue weighted by atomic mass is 19.4. The summed E-state index contributed by atoms with van der Waals surface area (Å²) in [4.78, 5) is 0. The Morgan fingerprint density at radius 2 is 2.19 bits per heavy atom. The highest BCUT2D eigenvalue weighted by molar-refractivity contribution is 4.72. The summed E-state index contributed by atoms with van der Waals surface area (Å²) in [5.41, 5.74) is 0. The van der Waals surface area contributed by atoms with Crippen LogP contribution in [0.15, 0.2) is 0 Å². The number of hydrogen-bond acceptors (Lipinski definition) is 2. The molecule has 2 nitrogen and oxygen atoms in total. The van der Waals surface area contributed by atoms with E-state index in [9.17, 15) is 13.2 Å². The monoisotopic (exact) mass is 238 g/mol. The SMILES string of the molecule is CC(CC(F)(F)F)NCCCC1CCNC1. The van der Waals surface area contributed by atoms with Crippen LogP contribution in [0.4, 0.5) is 13.2 Å². The van der Waals surface area contributed by atoms with E-state index in [0.29, 0.717) is 6.54 Å². The van der Waals surface area contributed by atoms with Gasteiger partial charge in [0.25, 0.3) is 0 Å². The van der Waals surface area contributed by atoms with Crippen molar-refractivity contribution in [2.24, 2.45) is 5.92 Å². The molecule has 1 saturated heterocycles. The summed E-state index contributed by atoms with van der Waals surface area (Å²) in [6, 6.07) is -0.471. The smallest absolute Gasteiger partial charge is 0.316 e. The number of halogens is 3. The van der Waals surface area contributed by atoms with Crippen molar-refractivity contribution in [2.75, 3.05) is 19.6 Å². The van der Waals surface area contributed by atoms with Gasteiger partial charge >= 0.3 is 6.18 Å². The van der Waals surface area contributed by atoms with E-state index in [0.717, 1.165) is 31.8 Å². The largest absolute Gasteiger partial charge is 0.390 e. The molecule has 1 heterocycles. The second-order valence-corrected chi connectivity index (χ2v) is 4.68. The Morgan fingerprint density at radius 1 is 1.44 bits per heavy atom. The molecule has 0 saturated carbocycles. The van der Waals surface area contributed by atoms with Crippen molar-refractivity contribution in [3.8, 4) is 0 Å².